The molecule has 0 amide bonds. The number of rotatable bonds is 5. The summed E-state index contributed by atoms with van der Waals surface area (Å²) in [5.74, 6) is 2.97. The van der Waals surface area contributed by atoms with Gasteiger partial charge in [0.1, 0.15) is 0 Å². The van der Waals surface area contributed by atoms with E-state index in [2.05, 4.69) is 112 Å². The second-order valence-corrected chi connectivity index (χ2v) is 48.5. The van der Waals surface area contributed by atoms with Crippen molar-refractivity contribution in [3.05, 3.63) is 84.2 Å². The van der Waals surface area contributed by atoms with Gasteiger partial charge in [-0.05, 0) is 0 Å². The van der Waals surface area contributed by atoms with E-state index in [0.717, 1.165) is 27.4 Å². The Hall–Kier alpha value is -1.36. The molecule has 1 spiro atoms. The number of hydrogen-bond donors (Lipinski definition) is 0. The molecule has 2 aromatic heterocycles. The summed E-state index contributed by atoms with van der Waals surface area (Å²) in [6.07, 6.45) is 9.24. The van der Waals surface area contributed by atoms with Crippen molar-refractivity contribution >= 4 is 40.3 Å². The van der Waals surface area contributed by atoms with Crippen LogP contribution in [0.2, 0.25) is 47.2 Å². The average molecular weight is 723 g/mol. The molecule has 0 radical (unpaired) electrons. The molecule has 18 rings (SSSR count). The zero-order valence-electron chi connectivity index (χ0n) is 28.9. The van der Waals surface area contributed by atoms with Gasteiger partial charge in [-0.1, -0.05) is 0 Å². The van der Waals surface area contributed by atoms with E-state index in [0.29, 0.717) is 19.2 Å². The Kier molecular flexibility index (Phi) is 2.24. The van der Waals surface area contributed by atoms with Gasteiger partial charge in [0.15, 0.2) is 0 Å². The summed E-state index contributed by atoms with van der Waals surface area (Å²) in [5.41, 5.74) is 5.78. The SMILES string of the molecule is CC(C)(C)C(P)(C12CC3CC(CC(C3)C1)C2)[C]12[CH]3[CH]4[CH]5[C]1(C(P)(c1ccc6ccccc6n1)c1ccc6ccccc6n1)[Fe]45321678[CH]2[CH]1[CH]6[CH]7[CH]28. The summed E-state index contributed by atoms with van der Waals surface area (Å²) in [7, 11) is 7.85. The van der Waals surface area contributed by atoms with Crippen molar-refractivity contribution in [2.24, 2.45) is 28.6 Å². The quantitative estimate of drug-likeness (QED) is 0.151. The molecule has 2 aromatic carbocycles. The van der Waals surface area contributed by atoms with E-state index < -0.39 is 6.51 Å². The molecule has 2 nitrogen and oxygen atoms in total. The summed E-state index contributed by atoms with van der Waals surface area (Å²) >= 11 is 0. The first-order valence-corrected chi connectivity index (χ1v) is 27.2. The van der Waals surface area contributed by atoms with Crippen LogP contribution in [0, 0.1) is 28.6 Å². The summed E-state index contributed by atoms with van der Waals surface area (Å²) in [6.45, 7) is 3.97. The van der Waals surface area contributed by atoms with Gasteiger partial charge in [-0.2, -0.15) is 0 Å². The first-order chi connectivity index (χ1) is 23.3. The summed E-state index contributed by atoms with van der Waals surface area (Å²) in [5, 5.41) is 2.63. The molecule has 8 unspecified atom stereocenters. The van der Waals surface area contributed by atoms with Crippen LogP contribution < -0.4 is 0 Å². The van der Waals surface area contributed by atoms with Crippen molar-refractivity contribution < 1.29 is 6.51 Å². The molecule has 12 heterocycles. The second kappa shape index (κ2) is 4.28. The van der Waals surface area contributed by atoms with Crippen molar-refractivity contribution in [1.82, 2.24) is 9.97 Å². The first-order valence-electron chi connectivity index (χ1n) is 19.8. The van der Waals surface area contributed by atoms with Crippen molar-refractivity contribution in [2.45, 2.75) is 117 Å². The van der Waals surface area contributed by atoms with Crippen LogP contribution in [0.4, 0.5) is 0 Å². The second-order valence-electron chi connectivity index (χ2n) is 23.6. The van der Waals surface area contributed by atoms with E-state index in [-0.39, 0.29) is 10.6 Å². The number of aromatic nitrogens is 2. The van der Waals surface area contributed by atoms with Gasteiger partial charge in [0, 0.05) is 0 Å². The van der Waals surface area contributed by atoms with Gasteiger partial charge in [-0.3, -0.25) is 0 Å². The fourth-order valence-corrected chi connectivity index (χ4v) is 113. The molecule has 10 saturated heterocycles. The predicted molar refractivity (Wildman–Crippen MR) is 202 cm³/mol. The van der Waals surface area contributed by atoms with Gasteiger partial charge < -0.3 is 0 Å². The Balaban J connectivity index is 1.04. The van der Waals surface area contributed by atoms with E-state index in [4.69, 9.17) is 9.97 Å². The van der Waals surface area contributed by atoms with Crippen LogP contribution in [0.3, 0.4) is 0 Å². The minimum atomic E-state index is -4.30. The Morgan fingerprint density at radius 2 is 1.04 bits per heavy atom. The molecule has 4 aliphatic carbocycles. The van der Waals surface area contributed by atoms with Crippen molar-refractivity contribution in [3.63, 3.8) is 0 Å². The van der Waals surface area contributed by atoms with Crippen molar-refractivity contribution in [2.75, 3.05) is 0 Å². The van der Waals surface area contributed by atoms with Crippen LogP contribution in [-0.2, 0) is 11.7 Å². The zero-order chi connectivity index (χ0) is 32.3. The van der Waals surface area contributed by atoms with Crippen LogP contribution in [0.1, 0.15) is 70.7 Å². The maximum absolute atomic E-state index is 5.82. The number of fused-ring (bicyclic) bond motifs is 12. The average Bonchev–Trinajstić information content (AvgIpc) is 4.04. The summed E-state index contributed by atoms with van der Waals surface area (Å²) in [6, 6.07) is 27.7. The van der Waals surface area contributed by atoms with Gasteiger partial charge in [-0.15, -0.1) is 0 Å². The summed E-state index contributed by atoms with van der Waals surface area (Å²) in [4.78, 5) is 21.0. The molecule has 49 heavy (non-hydrogen) atoms. The Morgan fingerprint density at radius 3 is 1.47 bits per heavy atom. The third kappa shape index (κ3) is 0.801. The van der Waals surface area contributed by atoms with Crippen LogP contribution >= 0.6 is 18.5 Å². The standard InChI is InChI=1S/C39H43N2P2.C5H5.Fe/c1-36(2,3)39(43,37-22-25-19-26(23-37)21-27(20-25)24-37)31-12-8-11-30(31)38(42,34-17-15-28-9-4-6-13-32(28)40-34)35-18-16-29-10-5-7-14-33(29)41-35;1-2-4-5-3-1;/h4-18,25-27H,19-24,42-43H2,1-3H3;1-5H;. The molecular formula is C44H48FeN2P2. The van der Waals surface area contributed by atoms with Crippen LogP contribution in [0.15, 0.2) is 72.8 Å². The number of pyridine rings is 2. The number of hydrogen-bond acceptors (Lipinski definition) is 2. The van der Waals surface area contributed by atoms with Gasteiger partial charge in [0.05, 0.1) is 0 Å². The fraction of sp³-hybridized carbons (Fsp3) is 0.591. The number of para-hydroxylation sites is 2. The molecule has 10 aliphatic heterocycles. The monoisotopic (exact) mass is 722 g/mol. The van der Waals surface area contributed by atoms with Gasteiger partial charge in [-0.25, -0.2) is 0 Å². The van der Waals surface area contributed by atoms with Gasteiger partial charge >= 0.3 is 286 Å². The van der Waals surface area contributed by atoms with Gasteiger partial charge in [0.25, 0.3) is 0 Å². The van der Waals surface area contributed by atoms with Crippen LogP contribution in [0.25, 0.3) is 21.8 Å². The van der Waals surface area contributed by atoms with E-state index in [1.165, 1.54) is 81.4 Å². The van der Waals surface area contributed by atoms with E-state index in [9.17, 15) is 0 Å². The van der Waals surface area contributed by atoms with E-state index >= 15 is 0 Å². The van der Waals surface area contributed by atoms with Crippen LogP contribution in [-0.4, -0.2) is 15.1 Å². The van der Waals surface area contributed by atoms with Gasteiger partial charge in [0.2, 0.25) is 0 Å². The molecule has 4 aromatic rings. The predicted octanol–water partition coefficient (Wildman–Crippen LogP) is 11.9. The summed E-state index contributed by atoms with van der Waals surface area (Å²) < 4.78 is 0.989. The maximum atomic E-state index is 5.82. The molecule has 14 fully saturated rings. The topological polar surface area (TPSA) is 25.8 Å². The third-order valence-corrected chi connectivity index (χ3v) is 72.6. The number of benzene rings is 2. The minimum absolute atomic E-state index is 0.221. The number of nitrogens with zero attached hydrogens (tertiary/aromatic N) is 2. The first kappa shape index (κ1) is 25.6. The van der Waals surface area contributed by atoms with Crippen molar-refractivity contribution in [1.29, 1.82) is 0 Å². The molecule has 0 N–H and O–H groups in total. The molecule has 14 aliphatic rings. The molecule has 5 heteroatoms. The Bertz CT molecular complexity index is 2680. The fourth-order valence-electron chi connectivity index (χ4n) is 28.2. The third-order valence-electron chi connectivity index (χ3n) is 26.1. The Morgan fingerprint density at radius 1 is 0.592 bits per heavy atom. The molecule has 4 saturated carbocycles. The molecular weight excluding hydrogens is 674 g/mol. The van der Waals surface area contributed by atoms with E-state index in [1.54, 1.807) is 19.3 Å². The Labute approximate surface area is 284 Å². The van der Waals surface area contributed by atoms with Crippen LogP contribution in [0.5, 0.6) is 0 Å². The normalized spacial score (nSPS) is 64.0. The molecule has 252 valence electrons. The molecule has 4 bridgehead atoms. The zero-order valence-corrected chi connectivity index (χ0v) is 32.3. The van der Waals surface area contributed by atoms with Crippen molar-refractivity contribution in [3.8, 4) is 0 Å². The molecule has 8 atom stereocenters. The van der Waals surface area contributed by atoms with E-state index in [1.807, 2.05) is 0 Å².